The predicted molar refractivity (Wildman–Crippen MR) is 125 cm³/mol. The highest BCUT2D eigenvalue weighted by Gasteiger charge is 2.47. The van der Waals surface area contributed by atoms with Crippen molar-refractivity contribution < 1.29 is 37.4 Å². The first-order chi connectivity index (χ1) is 17.5. The highest BCUT2D eigenvalue weighted by molar-refractivity contribution is 6.39. The van der Waals surface area contributed by atoms with Crippen LogP contribution in [0.1, 0.15) is 35.8 Å². The average molecular weight is 521 g/mol. The number of aliphatic carboxylic acids is 1. The Kier molecular flexibility index (Phi) is 7.35. The zero-order valence-electron chi connectivity index (χ0n) is 20.2. The van der Waals surface area contributed by atoms with Gasteiger partial charge in [-0.25, -0.2) is 14.8 Å². The van der Waals surface area contributed by atoms with E-state index in [-0.39, 0.29) is 17.4 Å². The van der Waals surface area contributed by atoms with E-state index in [4.69, 9.17) is 24.5 Å². The summed E-state index contributed by atoms with van der Waals surface area (Å²) < 4.78 is 37.6. The first-order valence-corrected chi connectivity index (χ1v) is 11.5. The second-order valence-corrected chi connectivity index (χ2v) is 9.24. The zero-order valence-corrected chi connectivity index (χ0v) is 20.2. The van der Waals surface area contributed by atoms with Crippen LogP contribution in [0, 0.1) is 0 Å². The summed E-state index contributed by atoms with van der Waals surface area (Å²) in [7, 11) is 3.86. The first kappa shape index (κ1) is 26.3. The van der Waals surface area contributed by atoms with Crippen molar-refractivity contribution in [1.29, 1.82) is 0 Å². The lowest BCUT2D eigenvalue weighted by molar-refractivity contribution is -0.192. The summed E-state index contributed by atoms with van der Waals surface area (Å²) in [6.45, 7) is 2.29. The summed E-state index contributed by atoms with van der Waals surface area (Å²) in [6, 6.07) is 9.89. The molecule has 198 valence electrons. The van der Waals surface area contributed by atoms with E-state index in [1.54, 1.807) is 0 Å². The molecular formula is C24H26F3N5O5. The maximum atomic E-state index is 13.2. The lowest BCUT2D eigenvalue weighted by Crippen LogP contribution is -2.43. The summed E-state index contributed by atoms with van der Waals surface area (Å²) in [5.41, 5.74) is 3.23. The molecule has 2 atom stereocenters. The number of amides is 1. The number of alkyl halides is 3. The van der Waals surface area contributed by atoms with Crippen molar-refractivity contribution in [1.82, 2.24) is 14.9 Å². The number of fused-ring (bicyclic) bond motifs is 2. The number of rotatable bonds is 3. The number of carboxylic acids is 1. The van der Waals surface area contributed by atoms with E-state index >= 15 is 0 Å². The number of anilines is 1. The number of benzene rings is 1. The molecule has 2 unspecified atom stereocenters. The quantitative estimate of drug-likeness (QED) is 0.655. The molecule has 0 bridgehead atoms. The second-order valence-electron chi connectivity index (χ2n) is 9.24. The minimum Gasteiger partial charge on any atom is -0.475 e. The van der Waals surface area contributed by atoms with Gasteiger partial charge in [0.2, 0.25) is 5.95 Å². The van der Waals surface area contributed by atoms with E-state index in [0.717, 1.165) is 23.2 Å². The van der Waals surface area contributed by atoms with Crippen molar-refractivity contribution in [2.24, 2.45) is 5.16 Å². The molecule has 37 heavy (non-hydrogen) atoms. The molecule has 1 aromatic heterocycles. The van der Waals surface area contributed by atoms with E-state index in [0.29, 0.717) is 44.4 Å². The lowest BCUT2D eigenvalue weighted by atomic mass is 9.80. The number of nitrogens with zero attached hydrogens (tertiary/aromatic N) is 5. The molecule has 0 saturated carbocycles. The second kappa shape index (κ2) is 10.3. The molecule has 1 N–H and O–H groups in total. The SMILES string of the molecule is CN(C)c1ncc2c(n1)C1(CCN(C(=O)C3=NOC(c4ccccc4)C3)C1)COC2.O=C(O)C(F)(F)F. The monoisotopic (exact) mass is 521 g/mol. The van der Waals surface area contributed by atoms with Crippen LogP contribution in [0.4, 0.5) is 19.1 Å². The predicted octanol–water partition coefficient (Wildman–Crippen LogP) is 2.69. The molecule has 1 fully saturated rings. The summed E-state index contributed by atoms with van der Waals surface area (Å²) in [5, 5.41) is 11.2. The topological polar surface area (TPSA) is 117 Å². The Bertz CT molecular complexity index is 1190. The Morgan fingerprint density at radius 2 is 1.92 bits per heavy atom. The number of carbonyl (C=O) groups is 2. The average Bonchev–Trinajstić information content (AvgIpc) is 3.53. The van der Waals surface area contributed by atoms with Gasteiger partial charge in [-0.1, -0.05) is 35.5 Å². The fourth-order valence-corrected chi connectivity index (χ4v) is 4.49. The number of ether oxygens (including phenoxy) is 1. The van der Waals surface area contributed by atoms with Gasteiger partial charge in [0.05, 0.1) is 24.3 Å². The maximum absolute atomic E-state index is 13.2. The molecule has 5 rings (SSSR count). The molecular weight excluding hydrogens is 495 g/mol. The van der Waals surface area contributed by atoms with Gasteiger partial charge in [0.25, 0.3) is 5.91 Å². The molecule has 3 aliphatic heterocycles. The molecule has 3 aliphatic rings. The number of carbonyl (C=O) groups excluding carboxylic acids is 1. The first-order valence-electron chi connectivity index (χ1n) is 11.5. The van der Waals surface area contributed by atoms with E-state index in [1.165, 1.54) is 0 Å². The largest absolute Gasteiger partial charge is 0.490 e. The van der Waals surface area contributed by atoms with Crippen LogP contribution in [0.15, 0.2) is 41.7 Å². The fourth-order valence-electron chi connectivity index (χ4n) is 4.49. The van der Waals surface area contributed by atoms with E-state index in [2.05, 4.69) is 10.1 Å². The highest BCUT2D eigenvalue weighted by atomic mass is 19.4. The Morgan fingerprint density at radius 3 is 2.57 bits per heavy atom. The van der Waals surface area contributed by atoms with Gasteiger partial charge in [-0.05, 0) is 12.0 Å². The van der Waals surface area contributed by atoms with Crippen molar-refractivity contribution in [2.75, 3.05) is 38.7 Å². The van der Waals surface area contributed by atoms with E-state index in [1.807, 2.05) is 60.4 Å². The van der Waals surface area contributed by atoms with Crippen LogP contribution in [0.2, 0.25) is 0 Å². The number of likely N-dealkylation sites (tertiary alicyclic amines) is 1. The lowest BCUT2D eigenvalue weighted by Gasteiger charge is -2.34. The summed E-state index contributed by atoms with van der Waals surface area (Å²) in [4.78, 5) is 40.6. The van der Waals surface area contributed by atoms with Gasteiger partial charge in [-0.3, -0.25) is 4.79 Å². The van der Waals surface area contributed by atoms with E-state index in [9.17, 15) is 18.0 Å². The molecule has 0 aliphatic carbocycles. The number of carboxylic acid groups (broad SMARTS) is 1. The molecule has 1 spiro atoms. The molecule has 1 saturated heterocycles. The fraction of sp³-hybridized carbons (Fsp3) is 0.458. The van der Waals surface area contributed by atoms with Crippen LogP contribution in [0.3, 0.4) is 0 Å². The molecule has 1 amide bonds. The normalized spacial score (nSPS) is 22.5. The van der Waals surface area contributed by atoms with Crippen LogP contribution >= 0.6 is 0 Å². The van der Waals surface area contributed by atoms with Crippen LogP contribution in [-0.4, -0.2) is 77.5 Å². The van der Waals surface area contributed by atoms with Gasteiger partial charge in [-0.2, -0.15) is 13.2 Å². The van der Waals surface area contributed by atoms with Gasteiger partial charge < -0.3 is 24.5 Å². The standard InChI is InChI=1S/C22H25N5O3.C2HF3O2/c1-26(2)21-23-11-16-12-29-14-22(19(16)24-21)8-9-27(13-22)20(28)17-10-18(30-25-17)15-6-4-3-5-7-15;3-2(4,5)1(6)7/h3-7,11,18H,8-10,12-14H2,1-2H3;(H,6,7). The molecule has 13 heteroatoms. The Labute approximate surface area is 210 Å². The summed E-state index contributed by atoms with van der Waals surface area (Å²) in [6.07, 6.45) is -2.13. The summed E-state index contributed by atoms with van der Waals surface area (Å²) >= 11 is 0. The van der Waals surface area contributed by atoms with Gasteiger partial charge in [0, 0.05) is 45.4 Å². The van der Waals surface area contributed by atoms with Gasteiger partial charge in [0.15, 0.2) is 6.10 Å². The highest BCUT2D eigenvalue weighted by Crippen LogP contribution is 2.40. The van der Waals surface area contributed by atoms with Crippen molar-refractivity contribution in [3.8, 4) is 0 Å². The van der Waals surface area contributed by atoms with E-state index < -0.39 is 12.1 Å². The van der Waals surface area contributed by atoms with Crippen molar-refractivity contribution in [3.63, 3.8) is 0 Å². The minimum absolute atomic E-state index is 0.0562. The van der Waals surface area contributed by atoms with Gasteiger partial charge >= 0.3 is 12.1 Å². The minimum atomic E-state index is -5.08. The number of hydrogen-bond acceptors (Lipinski definition) is 8. The number of aromatic nitrogens is 2. The van der Waals surface area contributed by atoms with Crippen LogP contribution in [0.5, 0.6) is 0 Å². The third-order valence-electron chi connectivity index (χ3n) is 6.36. The third-order valence-corrected chi connectivity index (χ3v) is 6.36. The van der Waals surface area contributed by atoms with Gasteiger partial charge in [0.1, 0.15) is 5.71 Å². The van der Waals surface area contributed by atoms with Crippen LogP contribution < -0.4 is 4.90 Å². The molecule has 0 radical (unpaired) electrons. The Morgan fingerprint density at radius 1 is 1.22 bits per heavy atom. The number of oxime groups is 1. The Hall–Kier alpha value is -3.74. The maximum Gasteiger partial charge on any atom is 0.490 e. The zero-order chi connectivity index (χ0) is 26.8. The van der Waals surface area contributed by atoms with Crippen LogP contribution in [0.25, 0.3) is 0 Å². The van der Waals surface area contributed by atoms with Crippen molar-refractivity contribution in [3.05, 3.63) is 53.3 Å². The van der Waals surface area contributed by atoms with Gasteiger partial charge in [-0.15, -0.1) is 0 Å². The number of halogens is 3. The molecule has 10 nitrogen and oxygen atoms in total. The van der Waals surface area contributed by atoms with Crippen LogP contribution in [-0.2, 0) is 31.2 Å². The smallest absolute Gasteiger partial charge is 0.475 e. The van der Waals surface area contributed by atoms with Crippen molar-refractivity contribution in [2.45, 2.75) is 37.1 Å². The number of hydrogen-bond donors (Lipinski definition) is 1. The molecule has 4 heterocycles. The summed E-state index contributed by atoms with van der Waals surface area (Å²) in [5.74, 6) is -2.13. The third kappa shape index (κ3) is 5.66. The Balaban J connectivity index is 0.000000405. The molecule has 1 aromatic carbocycles. The van der Waals surface area contributed by atoms with Crippen molar-refractivity contribution >= 4 is 23.5 Å². The molecule has 2 aromatic rings.